The van der Waals surface area contributed by atoms with E-state index in [9.17, 15) is 9.59 Å². The number of amides is 1. The van der Waals surface area contributed by atoms with Crippen LogP contribution >= 0.6 is 0 Å². The Morgan fingerprint density at radius 1 is 0.919 bits per heavy atom. The summed E-state index contributed by atoms with van der Waals surface area (Å²) in [6, 6.07) is 22.2. The van der Waals surface area contributed by atoms with Crippen LogP contribution < -0.4 is 14.2 Å². The van der Waals surface area contributed by atoms with Gasteiger partial charge in [-0.25, -0.2) is 9.80 Å². The molecule has 0 fully saturated rings. The molecule has 0 bridgehead atoms. The second kappa shape index (κ2) is 11.9. The van der Waals surface area contributed by atoms with E-state index in [1.54, 1.807) is 31.4 Å². The van der Waals surface area contributed by atoms with E-state index in [1.165, 1.54) is 25.3 Å². The van der Waals surface area contributed by atoms with E-state index in [1.807, 2.05) is 54.6 Å². The number of benzene rings is 3. The van der Waals surface area contributed by atoms with Crippen LogP contribution in [0.3, 0.4) is 0 Å². The van der Waals surface area contributed by atoms with Gasteiger partial charge in [0.25, 0.3) is 5.91 Å². The number of hydrazone groups is 1. The predicted octanol–water partition coefficient (Wildman–Crippen LogP) is 4.65. The first kappa shape index (κ1) is 25.5. The maximum Gasteiger partial charge on any atom is 0.331 e. The fourth-order valence-corrected chi connectivity index (χ4v) is 4.08. The van der Waals surface area contributed by atoms with Crippen LogP contribution in [-0.4, -0.2) is 50.5 Å². The van der Waals surface area contributed by atoms with Crippen molar-refractivity contribution in [1.29, 1.82) is 0 Å². The Bertz CT molecular complexity index is 1300. The molecular weight excluding hydrogens is 472 g/mol. The molecule has 0 saturated carbocycles. The number of carbonyl (C=O) groups is 2. The van der Waals surface area contributed by atoms with E-state index >= 15 is 0 Å². The Morgan fingerprint density at radius 2 is 1.68 bits per heavy atom. The summed E-state index contributed by atoms with van der Waals surface area (Å²) in [5, 5.41) is 6.00. The minimum absolute atomic E-state index is 0.330. The molecule has 0 spiro atoms. The molecule has 1 aliphatic heterocycles. The first-order valence-electron chi connectivity index (χ1n) is 11.7. The van der Waals surface area contributed by atoms with Gasteiger partial charge in [0.2, 0.25) is 0 Å². The van der Waals surface area contributed by atoms with Crippen molar-refractivity contribution in [2.45, 2.75) is 12.5 Å². The van der Waals surface area contributed by atoms with Gasteiger partial charge in [0.05, 0.1) is 33.1 Å². The van der Waals surface area contributed by atoms with Crippen LogP contribution in [0.15, 0.2) is 84.0 Å². The Morgan fingerprint density at radius 3 is 2.35 bits per heavy atom. The highest BCUT2D eigenvalue weighted by Crippen LogP contribution is 2.34. The number of ether oxygens (including phenoxy) is 4. The zero-order chi connectivity index (χ0) is 26.2. The smallest absolute Gasteiger partial charge is 0.331 e. The van der Waals surface area contributed by atoms with Crippen LogP contribution in [0.1, 0.15) is 29.2 Å². The van der Waals surface area contributed by atoms with Gasteiger partial charge in [0, 0.05) is 18.1 Å². The minimum Gasteiger partial charge on any atom is -0.497 e. The molecule has 4 rings (SSSR count). The average Bonchev–Trinajstić information content (AvgIpc) is 3.40. The lowest BCUT2D eigenvalue weighted by molar-refractivity contribution is -0.149. The number of methoxy groups -OCH3 is 3. The molecule has 8 nitrogen and oxygen atoms in total. The number of rotatable bonds is 9. The van der Waals surface area contributed by atoms with Crippen LogP contribution in [0.4, 0.5) is 0 Å². The zero-order valence-electron chi connectivity index (χ0n) is 20.9. The molecular formula is C29H28N2O6. The Labute approximate surface area is 215 Å². The molecule has 190 valence electrons. The fraction of sp³-hybridized carbons (Fsp3) is 0.207. The summed E-state index contributed by atoms with van der Waals surface area (Å²) in [5.74, 6) is 0.668. The molecule has 1 atom stereocenters. The molecule has 0 saturated heterocycles. The van der Waals surface area contributed by atoms with Gasteiger partial charge in [0.1, 0.15) is 5.75 Å². The summed E-state index contributed by atoms with van der Waals surface area (Å²) in [7, 11) is 4.66. The van der Waals surface area contributed by atoms with Crippen molar-refractivity contribution in [3.05, 3.63) is 95.6 Å². The van der Waals surface area contributed by atoms with Crippen molar-refractivity contribution in [2.75, 3.05) is 27.9 Å². The summed E-state index contributed by atoms with van der Waals surface area (Å²) in [4.78, 5) is 25.5. The van der Waals surface area contributed by atoms with Crippen LogP contribution in [-0.2, 0) is 14.3 Å². The highest BCUT2D eigenvalue weighted by atomic mass is 16.5. The van der Waals surface area contributed by atoms with Crippen LogP contribution in [0.2, 0.25) is 0 Å². The Kier molecular flexibility index (Phi) is 8.20. The number of hydrogen-bond donors (Lipinski definition) is 0. The average molecular weight is 501 g/mol. The lowest BCUT2D eigenvalue weighted by Crippen LogP contribution is -2.31. The third-order valence-electron chi connectivity index (χ3n) is 5.94. The van der Waals surface area contributed by atoms with E-state index in [-0.39, 0.29) is 6.04 Å². The highest BCUT2D eigenvalue weighted by Gasteiger charge is 2.33. The molecule has 3 aromatic carbocycles. The largest absolute Gasteiger partial charge is 0.497 e. The lowest BCUT2D eigenvalue weighted by Gasteiger charge is -2.22. The van der Waals surface area contributed by atoms with E-state index in [4.69, 9.17) is 18.9 Å². The second-order valence-corrected chi connectivity index (χ2v) is 8.17. The van der Waals surface area contributed by atoms with E-state index in [0.717, 1.165) is 22.6 Å². The molecule has 37 heavy (non-hydrogen) atoms. The van der Waals surface area contributed by atoms with Gasteiger partial charge < -0.3 is 18.9 Å². The van der Waals surface area contributed by atoms with E-state index in [0.29, 0.717) is 23.5 Å². The maximum atomic E-state index is 13.1. The Hall–Kier alpha value is -4.59. The molecule has 8 heteroatoms. The Balaban J connectivity index is 1.48. The van der Waals surface area contributed by atoms with Crippen molar-refractivity contribution >= 4 is 23.7 Å². The fourth-order valence-electron chi connectivity index (χ4n) is 4.08. The van der Waals surface area contributed by atoms with E-state index < -0.39 is 18.5 Å². The molecule has 1 amide bonds. The molecule has 1 heterocycles. The minimum atomic E-state index is -0.661. The van der Waals surface area contributed by atoms with Gasteiger partial charge in [-0.05, 0) is 35.4 Å². The molecule has 3 aromatic rings. The van der Waals surface area contributed by atoms with Crippen LogP contribution in [0.25, 0.3) is 6.08 Å². The summed E-state index contributed by atoms with van der Waals surface area (Å²) < 4.78 is 21.2. The predicted molar refractivity (Wildman–Crippen MR) is 140 cm³/mol. The van der Waals surface area contributed by atoms with Gasteiger partial charge in [-0.15, -0.1) is 0 Å². The summed E-state index contributed by atoms with van der Waals surface area (Å²) in [6.45, 7) is -0.448. The van der Waals surface area contributed by atoms with Crippen molar-refractivity contribution in [2.24, 2.45) is 5.10 Å². The molecule has 0 unspecified atom stereocenters. The van der Waals surface area contributed by atoms with Gasteiger partial charge in [0.15, 0.2) is 18.1 Å². The highest BCUT2D eigenvalue weighted by molar-refractivity contribution is 6.03. The third-order valence-corrected chi connectivity index (χ3v) is 5.94. The van der Waals surface area contributed by atoms with Crippen molar-refractivity contribution < 1.29 is 28.5 Å². The zero-order valence-corrected chi connectivity index (χ0v) is 20.9. The monoisotopic (exact) mass is 500 g/mol. The lowest BCUT2D eigenvalue weighted by atomic mass is 9.98. The van der Waals surface area contributed by atoms with Crippen LogP contribution in [0.5, 0.6) is 17.2 Å². The molecule has 1 aliphatic rings. The van der Waals surface area contributed by atoms with Crippen molar-refractivity contribution in [3.63, 3.8) is 0 Å². The third kappa shape index (κ3) is 5.98. The topological polar surface area (TPSA) is 86.7 Å². The number of hydrogen-bond acceptors (Lipinski definition) is 7. The van der Waals surface area contributed by atoms with Gasteiger partial charge in [-0.3, -0.25) is 4.79 Å². The van der Waals surface area contributed by atoms with Crippen molar-refractivity contribution in [3.8, 4) is 17.2 Å². The first-order chi connectivity index (χ1) is 18.0. The second-order valence-electron chi connectivity index (χ2n) is 8.17. The SMILES string of the molecule is COc1ccc([C@H]2CC(c3ccccc3)=NN2C(=O)COC(=O)/C=C/c2cccc(OC)c2OC)cc1. The quantitative estimate of drug-likeness (QED) is 0.314. The number of esters is 1. The molecule has 0 N–H and O–H groups in total. The first-order valence-corrected chi connectivity index (χ1v) is 11.7. The maximum absolute atomic E-state index is 13.1. The van der Waals surface area contributed by atoms with Gasteiger partial charge in [-0.2, -0.15) is 5.10 Å². The summed E-state index contributed by atoms with van der Waals surface area (Å²) in [6.07, 6.45) is 3.33. The molecule has 0 radical (unpaired) electrons. The summed E-state index contributed by atoms with van der Waals surface area (Å²) in [5.41, 5.74) is 3.26. The molecule has 0 aliphatic carbocycles. The van der Waals surface area contributed by atoms with Crippen LogP contribution in [0, 0.1) is 0 Å². The standard InChI is InChI=1S/C29H28N2O6/c1-34-23-15-12-21(13-16-23)25-18-24(20-8-5-4-6-9-20)30-31(25)27(32)19-37-28(33)17-14-22-10-7-11-26(35-2)29(22)36-3/h4-17,25H,18-19H2,1-3H3/b17-14+/t25-/m1/s1. The van der Waals surface area contributed by atoms with E-state index in [2.05, 4.69) is 5.10 Å². The number of nitrogens with zero attached hydrogens (tertiary/aromatic N) is 2. The molecule has 0 aromatic heterocycles. The number of para-hydroxylation sites is 1. The van der Waals surface area contributed by atoms with Gasteiger partial charge >= 0.3 is 5.97 Å². The normalized spacial score (nSPS) is 14.8. The van der Waals surface area contributed by atoms with Gasteiger partial charge in [-0.1, -0.05) is 54.6 Å². The summed E-state index contributed by atoms with van der Waals surface area (Å²) >= 11 is 0. The van der Waals surface area contributed by atoms with Crippen molar-refractivity contribution in [1.82, 2.24) is 5.01 Å². The number of carbonyl (C=O) groups excluding carboxylic acids is 2.